The molecule has 0 aromatic heterocycles. The maximum atomic E-state index is 13.8. The minimum absolute atomic E-state index is 0.0855. The van der Waals surface area contributed by atoms with Crippen molar-refractivity contribution in [2.45, 2.75) is 44.2 Å². The molecule has 0 saturated carbocycles. The average molecular weight is 279 g/mol. The fourth-order valence-corrected chi connectivity index (χ4v) is 3.74. The summed E-state index contributed by atoms with van der Waals surface area (Å²) in [6.07, 6.45) is 4.93. The van der Waals surface area contributed by atoms with Crippen LogP contribution in [0.25, 0.3) is 0 Å². The molecular weight excluding hydrogens is 260 g/mol. The zero-order valence-corrected chi connectivity index (χ0v) is 11.6. The molecule has 2 heterocycles. The van der Waals surface area contributed by atoms with Gasteiger partial charge in [-0.1, -0.05) is 12.5 Å². The van der Waals surface area contributed by atoms with Crippen LogP contribution in [0.5, 0.6) is 0 Å². The number of nitrogens with zero attached hydrogens (tertiary/aromatic N) is 1. The Morgan fingerprint density at radius 2 is 1.85 bits per heavy atom. The number of carbonyl (C=O) groups excluding carboxylic acids is 1. The van der Waals surface area contributed by atoms with Crippen molar-refractivity contribution >= 4 is 5.78 Å². The topological polar surface area (TPSA) is 20.3 Å². The van der Waals surface area contributed by atoms with Crippen molar-refractivity contribution in [3.63, 3.8) is 0 Å². The van der Waals surface area contributed by atoms with Crippen LogP contribution in [0, 0.1) is 17.6 Å². The lowest BCUT2D eigenvalue weighted by molar-refractivity contribution is 0.0336. The summed E-state index contributed by atoms with van der Waals surface area (Å²) in [5, 5.41) is 0. The summed E-state index contributed by atoms with van der Waals surface area (Å²) in [7, 11) is 2.11. The third kappa shape index (κ3) is 2.26. The third-order valence-corrected chi connectivity index (χ3v) is 4.93. The Labute approximate surface area is 117 Å². The van der Waals surface area contributed by atoms with Crippen LogP contribution in [0.2, 0.25) is 0 Å². The van der Waals surface area contributed by atoms with Gasteiger partial charge in [0.1, 0.15) is 0 Å². The zero-order valence-electron chi connectivity index (χ0n) is 11.6. The van der Waals surface area contributed by atoms with Gasteiger partial charge in [-0.2, -0.15) is 0 Å². The molecule has 0 aliphatic carbocycles. The summed E-state index contributed by atoms with van der Waals surface area (Å²) in [6.45, 7) is 0. The number of fused-ring (bicyclic) bond motifs is 2. The van der Waals surface area contributed by atoms with Crippen LogP contribution >= 0.6 is 0 Å². The van der Waals surface area contributed by atoms with Gasteiger partial charge in [-0.25, -0.2) is 8.78 Å². The molecule has 0 radical (unpaired) electrons. The second kappa shape index (κ2) is 5.24. The first-order valence-corrected chi connectivity index (χ1v) is 7.28. The van der Waals surface area contributed by atoms with E-state index in [1.165, 1.54) is 18.6 Å². The van der Waals surface area contributed by atoms with Crippen LogP contribution in [0.1, 0.15) is 42.5 Å². The van der Waals surface area contributed by atoms with Gasteiger partial charge in [0.05, 0.1) is 5.56 Å². The molecule has 2 aliphatic rings. The Morgan fingerprint density at radius 1 is 1.20 bits per heavy atom. The van der Waals surface area contributed by atoms with Gasteiger partial charge in [0.25, 0.3) is 0 Å². The molecule has 2 aliphatic heterocycles. The molecule has 2 unspecified atom stereocenters. The number of ketones is 1. The molecular formula is C16H19F2NO. The molecule has 20 heavy (non-hydrogen) atoms. The van der Waals surface area contributed by atoms with Crippen molar-refractivity contribution in [3.8, 4) is 0 Å². The quantitative estimate of drug-likeness (QED) is 0.773. The van der Waals surface area contributed by atoms with Crippen molar-refractivity contribution in [2.75, 3.05) is 7.05 Å². The number of hydrogen-bond donors (Lipinski definition) is 0. The number of carbonyl (C=O) groups is 1. The van der Waals surface area contributed by atoms with Crippen LogP contribution in [0.3, 0.4) is 0 Å². The summed E-state index contributed by atoms with van der Waals surface area (Å²) in [6, 6.07) is 4.67. The average Bonchev–Trinajstić information content (AvgIpc) is 2.41. The second-order valence-electron chi connectivity index (χ2n) is 6.04. The molecule has 0 spiro atoms. The van der Waals surface area contributed by atoms with E-state index in [2.05, 4.69) is 11.9 Å². The summed E-state index contributed by atoms with van der Waals surface area (Å²) in [5.41, 5.74) is -0.0855. The molecule has 0 amide bonds. The minimum Gasteiger partial charge on any atom is -0.300 e. The zero-order chi connectivity index (χ0) is 14.3. The van der Waals surface area contributed by atoms with E-state index in [4.69, 9.17) is 0 Å². The van der Waals surface area contributed by atoms with Gasteiger partial charge < -0.3 is 4.90 Å². The molecule has 0 N–H and O–H groups in total. The predicted octanol–water partition coefficient (Wildman–Crippen LogP) is 3.41. The smallest absolute Gasteiger partial charge is 0.169 e. The molecule has 2 fully saturated rings. The fraction of sp³-hybridized carbons (Fsp3) is 0.562. The number of benzene rings is 1. The lowest BCUT2D eigenvalue weighted by atomic mass is 9.76. The van der Waals surface area contributed by atoms with E-state index < -0.39 is 11.6 Å². The number of rotatable bonds is 2. The van der Waals surface area contributed by atoms with Crippen LogP contribution in [-0.4, -0.2) is 29.8 Å². The van der Waals surface area contributed by atoms with Crippen LogP contribution < -0.4 is 0 Å². The van der Waals surface area contributed by atoms with Gasteiger partial charge in [-0.05, 0) is 44.9 Å². The van der Waals surface area contributed by atoms with Gasteiger partial charge in [0, 0.05) is 18.0 Å². The summed E-state index contributed by atoms with van der Waals surface area (Å²) < 4.78 is 27.0. The Kier molecular flexibility index (Phi) is 3.59. The first-order valence-electron chi connectivity index (χ1n) is 7.28. The number of halogens is 2. The minimum atomic E-state index is -0.999. The maximum absolute atomic E-state index is 13.8. The molecule has 2 bridgehead atoms. The van der Waals surface area contributed by atoms with E-state index in [1.54, 1.807) is 0 Å². The van der Waals surface area contributed by atoms with Gasteiger partial charge in [-0.3, -0.25) is 4.79 Å². The van der Waals surface area contributed by atoms with Crippen molar-refractivity contribution < 1.29 is 13.6 Å². The van der Waals surface area contributed by atoms with Crippen LogP contribution in [0.4, 0.5) is 8.78 Å². The SMILES string of the molecule is CN1C2CCCC1CC(C(=O)c1cccc(F)c1F)C2. The normalized spacial score (nSPS) is 30.2. The van der Waals surface area contributed by atoms with Gasteiger partial charge >= 0.3 is 0 Å². The molecule has 4 heteroatoms. The largest absolute Gasteiger partial charge is 0.300 e. The van der Waals surface area contributed by atoms with E-state index in [9.17, 15) is 13.6 Å². The lowest BCUT2D eigenvalue weighted by Gasteiger charge is -2.46. The summed E-state index contributed by atoms with van der Waals surface area (Å²) in [4.78, 5) is 14.8. The molecule has 108 valence electrons. The number of hydrogen-bond acceptors (Lipinski definition) is 2. The highest BCUT2D eigenvalue weighted by Crippen LogP contribution is 2.37. The van der Waals surface area contributed by atoms with Gasteiger partial charge in [0.2, 0.25) is 0 Å². The Morgan fingerprint density at radius 3 is 2.50 bits per heavy atom. The lowest BCUT2D eigenvalue weighted by Crippen LogP contribution is -2.51. The van der Waals surface area contributed by atoms with Crippen molar-refractivity contribution in [1.29, 1.82) is 0 Å². The van der Waals surface area contributed by atoms with E-state index in [0.29, 0.717) is 12.1 Å². The van der Waals surface area contributed by atoms with Crippen molar-refractivity contribution in [2.24, 2.45) is 5.92 Å². The van der Waals surface area contributed by atoms with Crippen LogP contribution in [-0.2, 0) is 0 Å². The third-order valence-electron chi connectivity index (χ3n) is 4.93. The number of Topliss-reactive ketones (excluding diaryl/α,β-unsaturated/α-hetero) is 1. The second-order valence-corrected chi connectivity index (χ2v) is 6.04. The number of piperidine rings is 2. The first-order chi connectivity index (χ1) is 9.58. The molecule has 2 saturated heterocycles. The molecule has 2 atom stereocenters. The molecule has 2 nitrogen and oxygen atoms in total. The standard InChI is InChI=1S/C16H19F2NO/c1-19-11-4-2-5-12(19)9-10(8-11)16(20)13-6-3-7-14(17)15(13)18/h3,6-7,10-12H,2,4-5,8-9H2,1H3. The van der Waals surface area contributed by atoms with Crippen molar-refractivity contribution in [3.05, 3.63) is 35.4 Å². The molecule has 1 aromatic carbocycles. The monoisotopic (exact) mass is 279 g/mol. The highest BCUT2D eigenvalue weighted by Gasteiger charge is 2.39. The predicted molar refractivity (Wildman–Crippen MR) is 72.6 cm³/mol. The maximum Gasteiger partial charge on any atom is 0.169 e. The molecule has 1 aromatic rings. The van der Waals surface area contributed by atoms with Gasteiger partial charge in [-0.15, -0.1) is 0 Å². The van der Waals surface area contributed by atoms with E-state index >= 15 is 0 Å². The highest BCUT2D eigenvalue weighted by molar-refractivity contribution is 5.98. The Hall–Kier alpha value is -1.29. The Balaban J connectivity index is 1.83. The molecule has 3 rings (SSSR count). The van der Waals surface area contributed by atoms with E-state index in [-0.39, 0.29) is 17.3 Å². The van der Waals surface area contributed by atoms with Crippen LogP contribution in [0.15, 0.2) is 18.2 Å². The summed E-state index contributed by atoms with van der Waals surface area (Å²) in [5.74, 6) is -2.34. The van der Waals surface area contributed by atoms with Crippen molar-refractivity contribution in [1.82, 2.24) is 4.90 Å². The Bertz CT molecular complexity index is 517. The summed E-state index contributed by atoms with van der Waals surface area (Å²) >= 11 is 0. The van der Waals surface area contributed by atoms with Gasteiger partial charge in [0.15, 0.2) is 17.4 Å². The fourth-order valence-electron chi connectivity index (χ4n) is 3.74. The first kappa shape index (κ1) is 13.7. The van der Waals surface area contributed by atoms with E-state index in [1.807, 2.05) is 0 Å². The highest BCUT2D eigenvalue weighted by atomic mass is 19.2. The van der Waals surface area contributed by atoms with E-state index in [0.717, 1.165) is 31.7 Å².